The summed E-state index contributed by atoms with van der Waals surface area (Å²) < 4.78 is 0. The fourth-order valence-electron chi connectivity index (χ4n) is 2.63. The number of nitrogens with zero attached hydrogens (tertiary/aromatic N) is 1. The summed E-state index contributed by atoms with van der Waals surface area (Å²) in [6, 6.07) is 4.95. The van der Waals surface area contributed by atoms with E-state index in [4.69, 9.17) is 0 Å². The number of pyridine rings is 1. The molecule has 0 amide bonds. The first kappa shape index (κ1) is 10.6. The summed E-state index contributed by atoms with van der Waals surface area (Å²) in [6.07, 6.45) is 9.13. The Hall–Kier alpha value is -0.890. The van der Waals surface area contributed by atoms with Crippen molar-refractivity contribution in [1.29, 1.82) is 0 Å². The minimum Gasteiger partial charge on any atom is -0.314 e. The molecular formula is C13H20N2. The predicted molar refractivity (Wildman–Crippen MR) is 62.7 cm³/mol. The lowest BCUT2D eigenvalue weighted by molar-refractivity contribution is 0.406. The Bertz CT molecular complexity index is 284. The second-order valence-electron chi connectivity index (χ2n) is 4.42. The smallest absolute Gasteiger partial charge is 0.0299 e. The van der Waals surface area contributed by atoms with Gasteiger partial charge in [0.25, 0.3) is 0 Å². The maximum Gasteiger partial charge on any atom is 0.0299 e. The fourth-order valence-corrected chi connectivity index (χ4v) is 2.63. The highest BCUT2D eigenvalue weighted by atomic mass is 14.9. The van der Waals surface area contributed by atoms with Crippen molar-refractivity contribution in [3.05, 3.63) is 30.1 Å². The summed E-state index contributed by atoms with van der Waals surface area (Å²) in [5, 5.41) is 3.59. The van der Waals surface area contributed by atoms with Gasteiger partial charge in [0.15, 0.2) is 0 Å². The Morgan fingerprint density at radius 3 is 3.13 bits per heavy atom. The van der Waals surface area contributed by atoms with Crippen LogP contribution in [0.3, 0.4) is 0 Å². The Kier molecular flexibility index (Phi) is 3.73. The molecular weight excluding hydrogens is 184 g/mol. The molecule has 82 valence electrons. The SMILES string of the molecule is CCNC1CCCC1Cc1cccnc1. The summed E-state index contributed by atoms with van der Waals surface area (Å²) in [5.74, 6) is 0.814. The van der Waals surface area contributed by atoms with E-state index in [1.165, 1.54) is 31.2 Å². The summed E-state index contributed by atoms with van der Waals surface area (Å²) in [4.78, 5) is 4.18. The first-order valence-electron chi connectivity index (χ1n) is 6.02. The van der Waals surface area contributed by atoms with Gasteiger partial charge in [-0.25, -0.2) is 0 Å². The van der Waals surface area contributed by atoms with Crippen LogP contribution in [0.5, 0.6) is 0 Å². The number of hydrogen-bond acceptors (Lipinski definition) is 2. The molecule has 0 radical (unpaired) electrons. The molecule has 2 atom stereocenters. The number of nitrogens with one attached hydrogen (secondary N) is 1. The summed E-state index contributed by atoms with van der Waals surface area (Å²) in [6.45, 7) is 3.29. The second kappa shape index (κ2) is 5.26. The molecule has 2 unspecified atom stereocenters. The van der Waals surface area contributed by atoms with Crippen LogP contribution < -0.4 is 5.32 Å². The van der Waals surface area contributed by atoms with Crippen LogP contribution in [0.15, 0.2) is 24.5 Å². The lowest BCUT2D eigenvalue weighted by Gasteiger charge is -2.20. The lowest BCUT2D eigenvalue weighted by Crippen LogP contribution is -2.33. The van der Waals surface area contributed by atoms with Gasteiger partial charge in [0.1, 0.15) is 0 Å². The largest absolute Gasteiger partial charge is 0.314 e. The Labute approximate surface area is 92.1 Å². The molecule has 1 aromatic heterocycles. The molecule has 1 heterocycles. The zero-order chi connectivity index (χ0) is 10.5. The van der Waals surface area contributed by atoms with Crippen molar-refractivity contribution < 1.29 is 0 Å². The van der Waals surface area contributed by atoms with Gasteiger partial charge >= 0.3 is 0 Å². The van der Waals surface area contributed by atoms with Gasteiger partial charge in [-0.15, -0.1) is 0 Å². The molecule has 0 aliphatic heterocycles. The molecule has 1 N–H and O–H groups in total. The average molecular weight is 204 g/mol. The van der Waals surface area contributed by atoms with E-state index in [2.05, 4.69) is 23.3 Å². The highest BCUT2D eigenvalue weighted by molar-refractivity contribution is 5.10. The highest BCUT2D eigenvalue weighted by Crippen LogP contribution is 2.28. The molecule has 2 heteroatoms. The van der Waals surface area contributed by atoms with Gasteiger partial charge in [-0.3, -0.25) is 4.98 Å². The third-order valence-electron chi connectivity index (χ3n) is 3.35. The normalized spacial score (nSPS) is 25.7. The summed E-state index contributed by atoms with van der Waals surface area (Å²) >= 11 is 0. The van der Waals surface area contributed by atoms with Crippen LogP contribution in [0.25, 0.3) is 0 Å². The van der Waals surface area contributed by atoms with E-state index in [1.807, 2.05) is 18.5 Å². The molecule has 2 nitrogen and oxygen atoms in total. The number of aromatic nitrogens is 1. The van der Waals surface area contributed by atoms with E-state index < -0.39 is 0 Å². The molecule has 1 aromatic rings. The van der Waals surface area contributed by atoms with Crippen molar-refractivity contribution in [2.75, 3.05) is 6.54 Å². The van der Waals surface area contributed by atoms with E-state index in [0.717, 1.165) is 18.5 Å². The zero-order valence-electron chi connectivity index (χ0n) is 9.45. The minimum absolute atomic E-state index is 0.732. The Balaban J connectivity index is 1.93. The summed E-state index contributed by atoms with van der Waals surface area (Å²) in [7, 11) is 0. The van der Waals surface area contributed by atoms with E-state index in [9.17, 15) is 0 Å². The topological polar surface area (TPSA) is 24.9 Å². The molecule has 0 aromatic carbocycles. The molecule has 1 saturated carbocycles. The highest BCUT2D eigenvalue weighted by Gasteiger charge is 2.26. The molecule has 0 saturated heterocycles. The molecule has 0 spiro atoms. The second-order valence-corrected chi connectivity index (χ2v) is 4.42. The van der Waals surface area contributed by atoms with Crippen LogP contribution in [-0.4, -0.2) is 17.6 Å². The summed E-state index contributed by atoms with van der Waals surface area (Å²) in [5.41, 5.74) is 1.38. The van der Waals surface area contributed by atoms with Crippen LogP contribution in [0.1, 0.15) is 31.7 Å². The predicted octanol–water partition coefficient (Wildman–Crippen LogP) is 2.40. The van der Waals surface area contributed by atoms with Crippen molar-refractivity contribution in [1.82, 2.24) is 10.3 Å². The first-order valence-corrected chi connectivity index (χ1v) is 6.02. The molecule has 1 aliphatic carbocycles. The van der Waals surface area contributed by atoms with Crippen LogP contribution in [0.4, 0.5) is 0 Å². The van der Waals surface area contributed by atoms with E-state index >= 15 is 0 Å². The van der Waals surface area contributed by atoms with Crippen LogP contribution in [-0.2, 0) is 6.42 Å². The maximum absolute atomic E-state index is 4.18. The van der Waals surface area contributed by atoms with Crippen molar-refractivity contribution >= 4 is 0 Å². The van der Waals surface area contributed by atoms with Crippen molar-refractivity contribution in [2.45, 2.75) is 38.6 Å². The fraction of sp³-hybridized carbons (Fsp3) is 0.615. The van der Waals surface area contributed by atoms with Crippen LogP contribution >= 0.6 is 0 Å². The number of hydrogen-bond donors (Lipinski definition) is 1. The number of rotatable bonds is 4. The van der Waals surface area contributed by atoms with E-state index in [-0.39, 0.29) is 0 Å². The minimum atomic E-state index is 0.732. The van der Waals surface area contributed by atoms with E-state index in [1.54, 1.807) is 0 Å². The lowest BCUT2D eigenvalue weighted by atomic mass is 9.95. The van der Waals surface area contributed by atoms with Gasteiger partial charge < -0.3 is 5.32 Å². The van der Waals surface area contributed by atoms with Crippen molar-refractivity contribution in [3.8, 4) is 0 Å². The van der Waals surface area contributed by atoms with E-state index in [0.29, 0.717) is 0 Å². The Morgan fingerprint density at radius 2 is 2.40 bits per heavy atom. The van der Waals surface area contributed by atoms with Crippen molar-refractivity contribution in [3.63, 3.8) is 0 Å². The molecule has 15 heavy (non-hydrogen) atoms. The van der Waals surface area contributed by atoms with Crippen molar-refractivity contribution in [2.24, 2.45) is 5.92 Å². The van der Waals surface area contributed by atoms with Gasteiger partial charge in [0, 0.05) is 18.4 Å². The van der Waals surface area contributed by atoms with Gasteiger partial charge in [0.2, 0.25) is 0 Å². The average Bonchev–Trinajstić information content (AvgIpc) is 2.68. The maximum atomic E-state index is 4.18. The molecule has 2 rings (SSSR count). The third-order valence-corrected chi connectivity index (χ3v) is 3.35. The van der Waals surface area contributed by atoms with Gasteiger partial charge in [-0.05, 0) is 43.4 Å². The first-order chi connectivity index (χ1) is 7.40. The van der Waals surface area contributed by atoms with Gasteiger partial charge in [-0.1, -0.05) is 19.4 Å². The monoisotopic (exact) mass is 204 g/mol. The van der Waals surface area contributed by atoms with Crippen LogP contribution in [0.2, 0.25) is 0 Å². The van der Waals surface area contributed by atoms with Gasteiger partial charge in [-0.2, -0.15) is 0 Å². The molecule has 1 aliphatic rings. The zero-order valence-corrected chi connectivity index (χ0v) is 9.45. The molecule has 0 bridgehead atoms. The third kappa shape index (κ3) is 2.78. The van der Waals surface area contributed by atoms with Gasteiger partial charge in [0.05, 0.1) is 0 Å². The Morgan fingerprint density at radius 1 is 1.47 bits per heavy atom. The quantitative estimate of drug-likeness (QED) is 0.814. The van der Waals surface area contributed by atoms with Crippen LogP contribution in [0, 0.1) is 5.92 Å². The standard InChI is InChI=1S/C13H20N2/c1-2-15-13-7-3-6-12(13)9-11-5-4-8-14-10-11/h4-5,8,10,12-13,15H,2-3,6-7,9H2,1H3. The molecule has 1 fully saturated rings.